The molecule has 0 aliphatic carbocycles. The minimum atomic E-state index is 0.306. The molecular formula is C7H13N3S. The third-order valence-electron chi connectivity index (χ3n) is 1.43. The second-order valence-corrected chi connectivity index (χ2v) is 3.60. The molecule has 0 aliphatic rings. The molecule has 3 nitrogen and oxygen atoms in total. The highest BCUT2D eigenvalue weighted by molar-refractivity contribution is 7.09. The van der Waals surface area contributed by atoms with Gasteiger partial charge >= 0.3 is 0 Å². The molecule has 1 unspecified atom stereocenters. The van der Waals surface area contributed by atoms with Crippen LogP contribution in [0.4, 0.5) is 0 Å². The second-order valence-electron chi connectivity index (χ2n) is 2.65. The Morgan fingerprint density at radius 1 is 1.82 bits per heavy atom. The highest BCUT2D eigenvalue weighted by atomic mass is 32.1. The molecule has 62 valence electrons. The minimum absolute atomic E-state index is 0.306. The van der Waals surface area contributed by atoms with Gasteiger partial charge in [-0.25, -0.2) is 4.98 Å². The molecule has 0 fully saturated rings. The first kappa shape index (κ1) is 8.64. The molecule has 1 rings (SSSR count). The summed E-state index contributed by atoms with van der Waals surface area (Å²) in [5.74, 6) is 5.25. The third-order valence-corrected chi connectivity index (χ3v) is 2.42. The Bertz CT molecular complexity index is 221. The van der Waals surface area contributed by atoms with E-state index in [-0.39, 0.29) is 0 Å². The van der Waals surface area contributed by atoms with Crippen molar-refractivity contribution in [3.63, 3.8) is 0 Å². The van der Waals surface area contributed by atoms with E-state index in [1.807, 2.05) is 13.8 Å². The van der Waals surface area contributed by atoms with Gasteiger partial charge in [-0.1, -0.05) is 0 Å². The number of hydrogen-bond acceptors (Lipinski definition) is 4. The average molecular weight is 171 g/mol. The fraction of sp³-hybridized carbons (Fsp3) is 0.571. The number of aryl methyl sites for hydroxylation is 1. The fourth-order valence-corrected chi connectivity index (χ4v) is 1.72. The van der Waals surface area contributed by atoms with Crippen LogP contribution in [0.3, 0.4) is 0 Å². The number of rotatable bonds is 3. The van der Waals surface area contributed by atoms with Gasteiger partial charge in [0.2, 0.25) is 0 Å². The Kier molecular flexibility index (Phi) is 2.99. The molecule has 1 aromatic rings. The number of thiazole rings is 1. The fourth-order valence-electron chi connectivity index (χ4n) is 0.817. The van der Waals surface area contributed by atoms with E-state index in [0.29, 0.717) is 6.04 Å². The van der Waals surface area contributed by atoms with E-state index in [1.54, 1.807) is 11.3 Å². The van der Waals surface area contributed by atoms with Crippen LogP contribution in [0, 0.1) is 6.92 Å². The molecule has 0 spiro atoms. The summed E-state index contributed by atoms with van der Waals surface area (Å²) in [6.07, 6.45) is 0.912. The van der Waals surface area contributed by atoms with Crippen molar-refractivity contribution in [2.45, 2.75) is 26.3 Å². The Morgan fingerprint density at radius 2 is 2.55 bits per heavy atom. The lowest BCUT2D eigenvalue weighted by atomic mass is 10.2. The average Bonchev–Trinajstić information content (AvgIpc) is 2.35. The van der Waals surface area contributed by atoms with Crippen LogP contribution in [0.1, 0.15) is 17.6 Å². The third kappa shape index (κ3) is 2.57. The van der Waals surface area contributed by atoms with Gasteiger partial charge in [0.1, 0.15) is 0 Å². The Morgan fingerprint density at radius 3 is 3.00 bits per heavy atom. The maximum Gasteiger partial charge on any atom is 0.0944 e. The predicted molar refractivity (Wildman–Crippen MR) is 47.3 cm³/mol. The van der Waals surface area contributed by atoms with Crippen LogP contribution in [0.15, 0.2) is 5.38 Å². The van der Waals surface area contributed by atoms with Crippen LogP contribution in [-0.2, 0) is 6.42 Å². The van der Waals surface area contributed by atoms with Gasteiger partial charge in [-0.05, 0) is 13.8 Å². The van der Waals surface area contributed by atoms with E-state index in [9.17, 15) is 0 Å². The van der Waals surface area contributed by atoms with Gasteiger partial charge in [0, 0.05) is 23.5 Å². The maximum absolute atomic E-state index is 5.25. The lowest BCUT2D eigenvalue weighted by Crippen LogP contribution is -2.33. The van der Waals surface area contributed by atoms with Crippen molar-refractivity contribution in [3.05, 3.63) is 16.1 Å². The number of hydrazine groups is 1. The monoisotopic (exact) mass is 171 g/mol. The van der Waals surface area contributed by atoms with Gasteiger partial charge < -0.3 is 0 Å². The topological polar surface area (TPSA) is 50.9 Å². The highest BCUT2D eigenvalue weighted by Crippen LogP contribution is 2.10. The summed E-state index contributed by atoms with van der Waals surface area (Å²) in [7, 11) is 0. The Balaban J connectivity index is 2.50. The largest absolute Gasteiger partial charge is 0.271 e. The van der Waals surface area contributed by atoms with Crippen molar-refractivity contribution in [3.8, 4) is 0 Å². The summed E-state index contributed by atoms with van der Waals surface area (Å²) in [6.45, 7) is 4.04. The Hall–Kier alpha value is -0.450. The van der Waals surface area contributed by atoms with Crippen molar-refractivity contribution in [2.24, 2.45) is 5.84 Å². The quantitative estimate of drug-likeness (QED) is 0.523. The van der Waals surface area contributed by atoms with Crippen LogP contribution < -0.4 is 11.3 Å². The van der Waals surface area contributed by atoms with Gasteiger partial charge in [0.25, 0.3) is 0 Å². The predicted octanol–water partition coefficient (Wildman–Crippen LogP) is 0.846. The maximum atomic E-state index is 5.25. The number of nitrogens with two attached hydrogens (primary N) is 1. The normalized spacial score (nSPS) is 13.4. The van der Waals surface area contributed by atoms with Crippen LogP contribution >= 0.6 is 11.3 Å². The number of aromatic nitrogens is 1. The molecule has 4 heteroatoms. The van der Waals surface area contributed by atoms with Crippen LogP contribution in [0.5, 0.6) is 0 Å². The van der Waals surface area contributed by atoms with Gasteiger partial charge in [-0.2, -0.15) is 0 Å². The summed E-state index contributed by atoms with van der Waals surface area (Å²) in [4.78, 5) is 4.32. The highest BCUT2D eigenvalue weighted by Gasteiger charge is 2.03. The molecule has 0 saturated carbocycles. The standard InChI is InChI=1S/C7H13N3S/c1-5(10-8)3-7-9-6(2)4-11-7/h4-5,10H,3,8H2,1-2H3. The molecule has 1 aromatic heterocycles. The zero-order valence-corrected chi connectivity index (χ0v) is 7.61. The zero-order chi connectivity index (χ0) is 8.27. The molecule has 1 heterocycles. The SMILES string of the molecule is Cc1csc(CC(C)NN)n1. The summed E-state index contributed by atoms with van der Waals surface area (Å²) in [5.41, 5.74) is 3.78. The van der Waals surface area contributed by atoms with Crippen LogP contribution in [-0.4, -0.2) is 11.0 Å². The summed E-state index contributed by atoms with van der Waals surface area (Å²) < 4.78 is 0. The number of hydrogen-bond donors (Lipinski definition) is 2. The van der Waals surface area contributed by atoms with E-state index in [4.69, 9.17) is 5.84 Å². The number of nitrogens with one attached hydrogen (secondary N) is 1. The van der Waals surface area contributed by atoms with Crippen molar-refractivity contribution < 1.29 is 0 Å². The first-order valence-electron chi connectivity index (χ1n) is 3.59. The van der Waals surface area contributed by atoms with Crippen LogP contribution in [0.2, 0.25) is 0 Å². The van der Waals surface area contributed by atoms with Crippen molar-refractivity contribution in [2.75, 3.05) is 0 Å². The molecule has 0 saturated heterocycles. The smallest absolute Gasteiger partial charge is 0.0944 e. The summed E-state index contributed by atoms with van der Waals surface area (Å²) in [6, 6.07) is 0.306. The Labute approximate surface area is 70.6 Å². The molecule has 3 N–H and O–H groups in total. The van der Waals surface area contributed by atoms with Gasteiger partial charge in [0.05, 0.1) is 5.01 Å². The lowest BCUT2D eigenvalue weighted by molar-refractivity contribution is 0.566. The van der Waals surface area contributed by atoms with Crippen molar-refractivity contribution in [1.29, 1.82) is 0 Å². The molecule has 0 amide bonds. The summed E-state index contributed by atoms with van der Waals surface area (Å²) in [5, 5.41) is 3.20. The lowest BCUT2D eigenvalue weighted by Gasteiger charge is -2.05. The van der Waals surface area contributed by atoms with E-state index < -0.39 is 0 Å². The second kappa shape index (κ2) is 3.80. The van der Waals surface area contributed by atoms with E-state index in [2.05, 4.69) is 15.8 Å². The molecule has 0 bridgehead atoms. The molecule has 0 radical (unpaired) electrons. The molecule has 0 aliphatic heterocycles. The first-order chi connectivity index (χ1) is 5.22. The van der Waals surface area contributed by atoms with E-state index in [1.165, 1.54) is 0 Å². The molecular weight excluding hydrogens is 158 g/mol. The van der Waals surface area contributed by atoms with Gasteiger partial charge in [-0.3, -0.25) is 11.3 Å². The minimum Gasteiger partial charge on any atom is -0.271 e. The van der Waals surface area contributed by atoms with Crippen molar-refractivity contribution in [1.82, 2.24) is 10.4 Å². The summed E-state index contributed by atoms with van der Waals surface area (Å²) >= 11 is 1.69. The van der Waals surface area contributed by atoms with Crippen molar-refractivity contribution >= 4 is 11.3 Å². The van der Waals surface area contributed by atoms with Gasteiger partial charge in [0.15, 0.2) is 0 Å². The van der Waals surface area contributed by atoms with E-state index in [0.717, 1.165) is 17.1 Å². The van der Waals surface area contributed by atoms with Crippen LogP contribution in [0.25, 0.3) is 0 Å². The molecule has 0 aromatic carbocycles. The first-order valence-corrected chi connectivity index (χ1v) is 4.47. The van der Waals surface area contributed by atoms with Gasteiger partial charge in [-0.15, -0.1) is 11.3 Å². The molecule has 1 atom stereocenters. The van der Waals surface area contributed by atoms with E-state index >= 15 is 0 Å². The molecule has 11 heavy (non-hydrogen) atoms. The zero-order valence-electron chi connectivity index (χ0n) is 6.79. The number of nitrogens with zero attached hydrogens (tertiary/aromatic N) is 1.